The first kappa shape index (κ1) is 21.3. The Kier molecular flexibility index (Phi) is 7.44. The fourth-order valence-corrected chi connectivity index (χ4v) is 2.40. The van der Waals surface area contributed by atoms with Crippen molar-refractivity contribution >= 4 is 17.6 Å². The van der Waals surface area contributed by atoms with Crippen LogP contribution in [0, 0.1) is 19.8 Å². The molecule has 0 saturated carbocycles. The van der Waals surface area contributed by atoms with E-state index in [1.165, 1.54) is 7.11 Å². The summed E-state index contributed by atoms with van der Waals surface area (Å²) in [6, 6.07) is 10.4. The maximum Gasteiger partial charge on any atom is 0.338 e. The van der Waals surface area contributed by atoms with Crippen LogP contribution in [-0.2, 0) is 9.53 Å². The molecule has 2 aromatic carbocycles. The maximum atomic E-state index is 12.2. The van der Waals surface area contributed by atoms with Gasteiger partial charge in [-0.05, 0) is 61.2 Å². The summed E-state index contributed by atoms with van der Waals surface area (Å²) in [5, 5.41) is 2.71. The number of carbonyl (C=O) groups excluding carboxylic acids is 2. The fourth-order valence-electron chi connectivity index (χ4n) is 2.40. The van der Waals surface area contributed by atoms with E-state index in [-0.39, 0.29) is 12.2 Å². The second kappa shape index (κ2) is 9.78. The highest BCUT2D eigenvalue weighted by Crippen LogP contribution is 2.28. The Labute approximate surface area is 165 Å². The molecule has 28 heavy (non-hydrogen) atoms. The zero-order chi connectivity index (χ0) is 20.7. The number of anilines is 1. The molecule has 0 radical (unpaired) electrons. The van der Waals surface area contributed by atoms with E-state index in [2.05, 4.69) is 5.32 Å². The van der Waals surface area contributed by atoms with Crippen LogP contribution in [-0.4, -0.2) is 32.2 Å². The largest absolute Gasteiger partial charge is 0.493 e. The van der Waals surface area contributed by atoms with E-state index >= 15 is 0 Å². The number of hydrogen-bond acceptors (Lipinski definition) is 5. The number of ether oxygens (including phenoxy) is 3. The SMILES string of the molecule is COc1cc(C(=O)OCC(=O)Nc2ccc(C)c(C)c2)ccc1OCC(C)C. The van der Waals surface area contributed by atoms with E-state index in [1.54, 1.807) is 18.2 Å². The Morgan fingerprint density at radius 3 is 2.39 bits per heavy atom. The van der Waals surface area contributed by atoms with Crippen molar-refractivity contribution in [1.29, 1.82) is 0 Å². The van der Waals surface area contributed by atoms with Crippen LogP contribution in [0.1, 0.15) is 35.3 Å². The number of esters is 1. The molecule has 0 aliphatic heterocycles. The van der Waals surface area contributed by atoms with Crippen molar-refractivity contribution in [2.45, 2.75) is 27.7 Å². The molecule has 6 nitrogen and oxygen atoms in total. The molecular weight excluding hydrogens is 358 g/mol. The molecule has 2 aromatic rings. The second-order valence-electron chi connectivity index (χ2n) is 6.99. The Morgan fingerprint density at radius 2 is 1.75 bits per heavy atom. The van der Waals surface area contributed by atoms with Crippen LogP contribution < -0.4 is 14.8 Å². The van der Waals surface area contributed by atoms with Gasteiger partial charge in [0.2, 0.25) is 0 Å². The van der Waals surface area contributed by atoms with E-state index in [0.717, 1.165) is 11.1 Å². The van der Waals surface area contributed by atoms with Crippen molar-refractivity contribution in [3.8, 4) is 11.5 Å². The molecule has 0 unspecified atom stereocenters. The van der Waals surface area contributed by atoms with E-state index in [4.69, 9.17) is 14.2 Å². The van der Waals surface area contributed by atoms with Gasteiger partial charge in [0.25, 0.3) is 5.91 Å². The molecule has 0 saturated heterocycles. The van der Waals surface area contributed by atoms with Crippen LogP contribution in [0.25, 0.3) is 0 Å². The highest BCUT2D eigenvalue weighted by atomic mass is 16.5. The van der Waals surface area contributed by atoms with Crippen molar-refractivity contribution in [1.82, 2.24) is 0 Å². The third-order valence-corrected chi connectivity index (χ3v) is 4.10. The Hall–Kier alpha value is -3.02. The number of amides is 1. The van der Waals surface area contributed by atoms with E-state index in [9.17, 15) is 9.59 Å². The predicted octanol–water partition coefficient (Wildman–Crippen LogP) is 4.14. The van der Waals surface area contributed by atoms with Crippen molar-refractivity contribution in [3.05, 3.63) is 53.1 Å². The summed E-state index contributed by atoms with van der Waals surface area (Å²) in [6.07, 6.45) is 0. The molecule has 0 heterocycles. The monoisotopic (exact) mass is 385 g/mol. The van der Waals surface area contributed by atoms with Gasteiger partial charge in [0, 0.05) is 5.69 Å². The zero-order valence-corrected chi connectivity index (χ0v) is 17.0. The quantitative estimate of drug-likeness (QED) is 0.691. The highest BCUT2D eigenvalue weighted by Gasteiger charge is 2.14. The first-order valence-corrected chi connectivity index (χ1v) is 9.15. The fraction of sp³-hybridized carbons (Fsp3) is 0.364. The molecule has 0 fully saturated rings. The molecule has 1 amide bonds. The number of carbonyl (C=O) groups is 2. The van der Waals surface area contributed by atoms with Crippen molar-refractivity contribution < 1.29 is 23.8 Å². The van der Waals surface area contributed by atoms with Gasteiger partial charge >= 0.3 is 5.97 Å². The van der Waals surface area contributed by atoms with E-state index in [1.807, 2.05) is 45.9 Å². The van der Waals surface area contributed by atoms with Crippen molar-refractivity contribution in [2.75, 3.05) is 25.6 Å². The van der Waals surface area contributed by atoms with Gasteiger partial charge in [0.15, 0.2) is 18.1 Å². The van der Waals surface area contributed by atoms with E-state index in [0.29, 0.717) is 29.7 Å². The summed E-state index contributed by atoms with van der Waals surface area (Å²) >= 11 is 0. The Balaban J connectivity index is 1.94. The lowest BCUT2D eigenvalue weighted by atomic mass is 10.1. The van der Waals surface area contributed by atoms with Gasteiger partial charge in [0.05, 0.1) is 19.3 Å². The number of benzene rings is 2. The molecule has 0 bridgehead atoms. The minimum Gasteiger partial charge on any atom is -0.493 e. The minimum atomic E-state index is -0.607. The first-order valence-electron chi connectivity index (χ1n) is 9.15. The molecule has 2 rings (SSSR count). The highest BCUT2D eigenvalue weighted by molar-refractivity contribution is 5.95. The minimum absolute atomic E-state index is 0.285. The lowest BCUT2D eigenvalue weighted by Crippen LogP contribution is -2.21. The molecule has 0 aliphatic carbocycles. The summed E-state index contributed by atoms with van der Waals surface area (Å²) < 4.78 is 16.1. The van der Waals surface area contributed by atoms with E-state index < -0.39 is 11.9 Å². The standard InChI is InChI=1S/C22H27NO5/c1-14(2)12-27-19-9-7-17(11-20(19)26-5)22(25)28-13-21(24)23-18-8-6-15(3)16(4)10-18/h6-11,14H,12-13H2,1-5H3,(H,23,24). The van der Waals surface area contributed by atoms with Gasteiger partial charge in [-0.15, -0.1) is 0 Å². The topological polar surface area (TPSA) is 73.9 Å². The molecule has 1 N–H and O–H groups in total. The first-order chi connectivity index (χ1) is 13.3. The Bertz CT molecular complexity index is 845. The third kappa shape index (κ3) is 6.01. The van der Waals surface area contributed by atoms with Gasteiger partial charge in [-0.1, -0.05) is 19.9 Å². The third-order valence-electron chi connectivity index (χ3n) is 4.10. The lowest BCUT2D eigenvalue weighted by molar-refractivity contribution is -0.119. The number of rotatable bonds is 8. The van der Waals surface area contributed by atoms with Crippen molar-refractivity contribution in [2.24, 2.45) is 5.92 Å². The maximum absolute atomic E-state index is 12.2. The number of hydrogen-bond donors (Lipinski definition) is 1. The smallest absolute Gasteiger partial charge is 0.338 e. The summed E-state index contributed by atoms with van der Waals surface area (Å²) in [7, 11) is 1.50. The number of nitrogens with one attached hydrogen (secondary N) is 1. The van der Waals surface area contributed by atoms with Crippen LogP contribution in [0.2, 0.25) is 0 Å². The summed E-state index contributed by atoms with van der Waals surface area (Å²) in [4.78, 5) is 24.3. The number of methoxy groups -OCH3 is 1. The van der Waals surface area contributed by atoms with Crippen molar-refractivity contribution in [3.63, 3.8) is 0 Å². The van der Waals surface area contributed by atoms with Gasteiger partial charge in [0.1, 0.15) is 0 Å². The molecular formula is C22H27NO5. The van der Waals surface area contributed by atoms with Crippen LogP contribution in [0.15, 0.2) is 36.4 Å². The summed E-state index contributed by atoms with van der Waals surface area (Å²) in [5.74, 6) is 0.351. The van der Waals surface area contributed by atoms with Gasteiger partial charge in [-0.25, -0.2) is 4.79 Å². The van der Waals surface area contributed by atoms with Gasteiger partial charge in [-0.3, -0.25) is 4.79 Å². The van der Waals surface area contributed by atoms with Gasteiger partial charge in [-0.2, -0.15) is 0 Å². The summed E-state index contributed by atoms with van der Waals surface area (Å²) in [5.41, 5.74) is 3.16. The average Bonchev–Trinajstić information content (AvgIpc) is 2.67. The lowest BCUT2D eigenvalue weighted by Gasteiger charge is -2.13. The molecule has 0 spiro atoms. The predicted molar refractivity (Wildman–Crippen MR) is 108 cm³/mol. The molecule has 150 valence electrons. The van der Waals surface area contributed by atoms with Crippen LogP contribution >= 0.6 is 0 Å². The second-order valence-corrected chi connectivity index (χ2v) is 6.99. The Morgan fingerprint density at radius 1 is 1.00 bits per heavy atom. The summed E-state index contributed by atoms with van der Waals surface area (Å²) in [6.45, 7) is 8.21. The molecule has 0 aliphatic rings. The van der Waals surface area contributed by atoms with Crippen LogP contribution in [0.5, 0.6) is 11.5 Å². The normalized spacial score (nSPS) is 10.5. The zero-order valence-electron chi connectivity index (χ0n) is 17.0. The molecule has 0 atom stereocenters. The molecule has 6 heteroatoms. The van der Waals surface area contributed by atoms with Gasteiger partial charge < -0.3 is 19.5 Å². The molecule has 0 aromatic heterocycles. The van der Waals surface area contributed by atoms with Crippen LogP contribution in [0.4, 0.5) is 5.69 Å². The average molecular weight is 385 g/mol. The number of aryl methyl sites for hydroxylation is 2. The van der Waals surface area contributed by atoms with Crippen LogP contribution in [0.3, 0.4) is 0 Å².